The molecule has 0 aromatic heterocycles. The Bertz CT molecular complexity index is 448. The van der Waals surface area contributed by atoms with Crippen molar-refractivity contribution in [2.24, 2.45) is 0 Å². The van der Waals surface area contributed by atoms with Gasteiger partial charge in [-0.05, 0) is 56.4 Å². The number of Topliss-reactive ketones (excluding diaryl/α,β-unsaturated/α-hetero) is 1. The number of hydrogen-bond acceptors (Lipinski definition) is 2. The van der Waals surface area contributed by atoms with Crippen LogP contribution in [-0.2, 0) is 4.74 Å². The molecule has 98 valence electrons. The average Bonchev–Trinajstić information content (AvgIpc) is 2.84. The molecule has 1 heterocycles. The van der Waals surface area contributed by atoms with E-state index < -0.39 is 0 Å². The molecule has 2 rings (SSSR count). The molecule has 1 aromatic rings. The Morgan fingerprint density at radius 1 is 1.39 bits per heavy atom. The maximum atomic E-state index is 12.1. The lowest BCUT2D eigenvalue weighted by atomic mass is 9.99. The van der Waals surface area contributed by atoms with E-state index in [9.17, 15) is 4.79 Å². The number of benzene rings is 1. The zero-order chi connectivity index (χ0) is 13.1. The molecule has 3 heteroatoms. The summed E-state index contributed by atoms with van der Waals surface area (Å²) in [6.45, 7) is 4.84. The molecule has 1 aromatic carbocycles. The highest BCUT2D eigenvalue weighted by Gasteiger charge is 2.18. The van der Waals surface area contributed by atoms with Gasteiger partial charge in [-0.15, -0.1) is 0 Å². The molecule has 2 nitrogen and oxygen atoms in total. The van der Waals surface area contributed by atoms with E-state index in [1.165, 1.54) is 0 Å². The maximum absolute atomic E-state index is 12.1. The molecule has 0 aliphatic carbocycles. The fraction of sp³-hybridized carbons (Fsp3) is 0.533. The molecule has 0 saturated carbocycles. The van der Waals surface area contributed by atoms with E-state index in [-0.39, 0.29) is 11.9 Å². The normalized spacial score (nSPS) is 19.2. The molecular formula is C15H19ClO2. The standard InChI is InChI=1S/C15H19ClO2/c1-10-8-13(14(16)9-11(10)2)15(17)6-5-12-4-3-7-18-12/h8-9,12H,3-7H2,1-2H3. The van der Waals surface area contributed by atoms with E-state index in [0.29, 0.717) is 17.0 Å². The molecule has 0 N–H and O–H groups in total. The number of ether oxygens (including phenoxy) is 1. The van der Waals surface area contributed by atoms with Gasteiger partial charge < -0.3 is 4.74 Å². The van der Waals surface area contributed by atoms with Gasteiger partial charge in [-0.3, -0.25) is 4.79 Å². The number of carbonyl (C=O) groups excluding carboxylic acids is 1. The van der Waals surface area contributed by atoms with Crippen LogP contribution in [-0.4, -0.2) is 18.5 Å². The summed E-state index contributed by atoms with van der Waals surface area (Å²) >= 11 is 6.14. The molecule has 0 bridgehead atoms. The highest BCUT2D eigenvalue weighted by molar-refractivity contribution is 6.34. The third kappa shape index (κ3) is 3.12. The van der Waals surface area contributed by atoms with Crippen LogP contribution in [0.3, 0.4) is 0 Å². The third-order valence-electron chi connectivity index (χ3n) is 3.60. The van der Waals surface area contributed by atoms with Crippen molar-refractivity contribution in [1.82, 2.24) is 0 Å². The Morgan fingerprint density at radius 3 is 2.78 bits per heavy atom. The fourth-order valence-electron chi connectivity index (χ4n) is 2.29. The highest BCUT2D eigenvalue weighted by atomic mass is 35.5. The van der Waals surface area contributed by atoms with E-state index in [0.717, 1.165) is 37.0 Å². The van der Waals surface area contributed by atoms with Gasteiger partial charge >= 0.3 is 0 Å². The van der Waals surface area contributed by atoms with Crippen LogP contribution in [0.4, 0.5) is 0 Å². The number of aryl methyl sites for hydroxylation is 2. The lowest BCUT2D eigenvalue weighted by Gasteiger charge is -2.10. The summed E-state index contributed by atoms with van der Waals surface area (Å²) in [6, 6.07) is 3.77. The zero-order valence-electron chi connectivity index (χ0n) is 11.0. The molecule has 1 fully saturated rings. The zero-order valence-corrected chi connectivity index (χ0v) is 11.7. The molecule has 0 amide bonds. The quantitative estimate of drug-likeness (QED) is 0.767. The smallest absolute Gasteiger partial charge is 0.164 e. The van der Waals surface area contributed by atoms with E-state index in [1.807, 2.05) is 26.0 Å². The van der Waals surface area contributed by atoms with Crippen LogP contribution in [0, 0.1) is 13.8 Å². The largest absolute Gasteiger partial charge is 0.378 e. The van der Waals surface area contributed by atoms with Gasteiger partial charge in [-0.2, -0.15) is 0 Å². The molecular weight excluding hydrogens is 248 g/mol. The van der Waals surface area contributed by atoms with E-state index in [2.05, 4.69) is 0 Å². The first-order chi connectivity index (χ1) is 8.58. The molecule has 1 unspecified atom stereocenters. The molecule has 1 saturated heterocycles. The predicted molar refractivity (Wildman–Crippen MR) is 73.5 cm³/mol. The molecule has 18 heavy (non-hydrogen) atoms. The van der Waals surface area contributed by atoms with Crippen LogP contribution < -0.4 is 0 Å². The number of halogens is 1. The van der Waals surface area contributed by atoms with Crippen LogP contribution >= 0.6 is 11.6 Å². The van der Waals surface area contributed by atoms with Gasteiger partial charge in [0.25, 0.3) is 0 Å². The summed E-state index contributed by atoms with van der Waals surface area (Å²) in [6.07, 6.45) is 3.78. The van der Waals surface area contributed by atoms with Crippen LogP contribution in [0.15, 0.2) is 12.1 Å². The van der Waals surface area contributed by atoms with Crippen molar-refractivity contribution in [1.29, 1.82) is 0 Å². The summed E-state index contributed by atoms with van der Waals surface area (Å²) in [5.74, 6) is 0.124. The predicted octanol–water partition coefficient (Wildman–Crippen LogP) is 4.10. The molecule has 0 radical (unpaired) electrons. The second-order valence-electron chi connectivity index (χ2n) is 5.01. The first kappa shape index (κ1) is 13.6. The van der Waals surface area contributed by atoms with E-state index in [1.54, 1.807) is 0 Å². The summed E-state index contributed by atoms with van der Waals surface area (Å²) in [5.41, 5.74) is 2.88. The molecule has 1 atom stereocenters. The lowest BCUT2D eigenvalue weighted by Crippen LogP contribution is -2.09. The second-order valence-corrected chi connectivity index (χ2v) is 5.42. The Kier molecular flexibility index (Phi) is 4.41. The van der Waals surface area contributed by atoms with Gasteiger partial charge in [-0.1, -0.05) is 11.6 Å². The summed E-state index contributed by atoms with van der Waals surface area (Å²) in [5, 5.41) is 0.565. The third-order valence-corrected chi connectivity index (χ3v) is 3.91. The van der Waals surface area contributed by atoms with Crippen LogP contribution in [0.1, 0.15) is 47.2 Å². The van der Waals surface area contributed by atoms with Crippen molar-refractivity contribution in [2.75, 3.05) is 6.61 Å². The van der Waals surface area contributed by atoms with Crippen molar-refractivity contribution in [3.63, 3.8) is 0 Å². The topological polar surface area (TPSA) is 26.3 Å². The van der Waals surface area contributed by atoms with Crippen molar-refractivity contribution < 1.29 is 9.53 Å². The molecule has 0 spiro atoms. The van der Waals surface area contributed by atoms with Crippen LogP contribution in [0.5, 0.6) is 0 Å². The van der Waals surface area contributed by atoms with E-state index in [4.69, 9.17) is 16.3 Å². The van der Waals surface area contributed by atoms with Gasteiger partial charge in [0.05, 0.1) is 11.1 Å². The Hall–Kier alpha value is -0.860. The van der Waals surface area contributed by atoms with Crippen molar-refractivity contribution in [3.05, 3.63) is 33.8 Å². The summed E-state index contributed by atoms with van der Waals surface area (Å²) < 4.78 is 5.53. The number of ketones is 1. The van der Waals surface area contributed by atoms with E-state index >= 15 is 0 Å². The monoisotopic (exact) mass is 266 g/mol. The summed E-state index contributed by atoms with van der Waals surface area (Å²) in [4.78, 5) is 12.1. The lowest BCUT2D eigenvalue weighted by molar-refractivity contribution is 0.0859. The minimum atomic E-state index is 0.124. The van der Waals surface area contributed by atoms with Gasteiger partial charge in [0.15, 0.2) is 5.78 Å². The van der Waals surface area contributed by atoms with Gasteiger partial charge in [0, 0.05) is 18.6 Å². The first-order valence-corrected chi connectivity index (χ1v) is 6.87. The van der Waals surface area contributed by atoms with Crippen molar-refractivity contribution >= 4 is 17.4 Å². The van der Waals surface area contributed by atoms with Crippen molar-refractivity contribution in [3.8, 4) is 0 Å². The SMILES string of the molecule is Cc1cc(Cl)c(C(=O)CCC2CCCO2)cc1C. The van der Waals surface area contributed by atoms with Gasteiger partial charge in [0.1, 0.15) is 0 Å². The minimum Gasteiger partial charge on any atom is -0.378 e. The first-order valence-electron chi connectivity index (χ1n) is 6.49. The average molecular weight is 267 g/mol. The number of hydrogen-bond donors (Lipinski definition) is 0. The molecule has 1 aliphatic heterocycles. The maximum Gasteiger partial charge on any atom is 0.164 e. The Balaban J connectivity index is 2.01. The van der Waals surface area contributed by atoms with Crippen LogP contribution in [0.2, 0.25) is 5.02 Å². The summed E-state index contributed by atoms with van der Waals surface area (Å²) in [7, 11) is 0. The van der Waals surface area contributed by atoms with Crippen molar-refractivity contribution in [2.45, 2.75) is 45.6 Å². The minimum absolute atomic E-state index is 0.124. The Labute approximate surface area is 113 Å². The van der Waals surface area contributed by atoms with Gasteiger partial charge in [-0.25, -0.2) is 0 Å². The second kappa shape index (κ2) is 5.85. The van der Waals surface area contributed by atoms with Gasteiger partial charge in [0.2, 0.25) is 0 Å². The Morgan fingerprint density at radius 2 is 2.11 bits per heavy atom. The highest BCUT2D eigenvalue weighted by Crippen LogP contribution is 2.24. The number of rotatable bonds is 4. The fourth-order valence-corrected chi connectivity index (χ4v) is 2.62. The molecule has 1 aliphatic rings. The van der Waals surface area contributed by atoms with Crippen LogP contribution in [0.25, 0.3) is 0 Å². The number of carbonyl (C=O) groups is 1.